The number of hydrogen-bond acceptors (Lipinski definition) is 5. The van der Waals surface area contributed by atoms with Crippen molar-refractivity contribution >= 4 is 23.2 Å². The van der Waals surface area contributed by atoms with Crippen molar-refractivity contribution in [2.75, 3.05) is 13.1 Å². The lowest BCUT2D eigenvalue weighted by Gasteiger charge is -2.06. The number of aromatic nitrogens is 3. The van der Waals surface area contributed by atoms with Crippen LogP contribution in [0, 0.1) is 6.92 Å². The Bertz CT molecular complexity index is 991. The topological polar surface area (TPSA) is 120 Å². The van der Waals surface area contributed by atoms with Crippen LogP contribution >= 0.6 is 11.3 Å². The second kappa shape index (κ2) is 8.45. The third-order valence-corrected chi connectivity index (χ3v) is 4.72. The van der Waals surface area contributed by atoms with Gasteiger partial charge < -0.3 is 15.6 Å². The highest BCUT2D eigenvalue weighted by atomic mass is 32.1. The van der Waals surface area contributed by atoms with E-state index in [-0.39, 0.29) is 11.5 Å². The summed E-state index contributed by atoms with van der Waals surface area (Å²) in [5.74, 6) is -0.713. The lowest BCUT2D eigenvalue weighted by molar-refractivity contribution is 0.0947. The van der Waals surface area contributed by atoms with Crippen LogP contribution in [-0.2, 0) is 0 Å². The van der Waals surface area contributed by atoms with E-state index >= 15 is 0 Å². The van der Waals surface area contributed by atoms with Crippen LogP contribution in [0.4, 0.5) is 0 Å². The summed E-state index contributed by atoms with van der Waals surface area (Å²) in [4.78, 5) is 39.3. The fraction of sp³-hybridized carbons (Fsp3) is 0.222. The summed E-state index contributed by atoms with van der Waals surface area (Å²) in [6, 6.07) is 7.12. The molecule has 9 heteroatoms. The second-order valence-corrected chi connectivity index (χ2v) is 6.88. The maximum Gasteiger partial charge on any atom is 0.271 e. The van der Waals surface area contributed by atoms with Gasteiger partial charge in [0.1, 0.15) is 5.56 Å². The van der Waals surface area contributed by atoms with Crippen LogP contribution in [0.3, 0.4) is 0 Å². The maximum atomic E-state index is 12.1. The van der Waals surface area contributed by atoms with E-state index in [9.17, 15) is 14.4 Å². The van der Waals surface area contributed by atoms with Gasteiger partial charge in [0.2, 0.25) is 0 Å². The van der Waals surface area contributed by atoms with E-state index in [0.717, 1.165) is 16.1 Å². The van der Waals surface area contributed by atoms with Gasteiger partial charge in [-0.2, -0.15) is 5.10 Å². The van der Waals surface area contributed by atoms with Crippen molar-refractivity contribution in [2.24, 2.45) is 0 Å². The van der Waals surface area contributed by atoms with Crippen molar-refractivity contribution in [1.29, 1.82) is 0 Å². The molecule has 0 fully saturated rings. The normalized spacial score (nSPS) is 10.6. The molecule has 4 N–H and O–H groups in total. The minimum absolute atomic E-state index is 0.0802. The van der Waals surface area contributed by atoms with Gasteiger partial charge in [-0.05, 0) is 42.5 Å². The molecular formula is C18H19N5O3S. The molecule has 0 aliphatic rings. The molecule has 0 radical (unpaired) electrons. The third-order valence-electron chi connectivity index (χ3n) is 3.81. The van der Waals surface area contributed by atoms with Gasteiger partial charge in [0, 0.05) is 19.3 Å². The van der Waals surface area contributed by atoms with Crippen LogP contribution in [0.15, 0.2) is 40.6 Å². The molecule has 27 heavy (non-hydrogen) atoms. The van der Waals surface area contributed by atoms with Crippen molar-refractivity contribution < 1.29 is 9.59 Å². The van der Waals surface area contributed by atoms with Crippen molar-refractivity contribution in [3.8, 4) is 10.6 Å². The highest BCUT2D eigenvalue weighted by Gasteiger charge is 2.12. The zero-order valence-corrected chi connectivity index (χ0v) is 15.5. The molecule has 140 valence electrons. The summed E-state index contributed by atoms with van der Waals surface area (Å²) in [5, 5.41) is 14.2. The molecule has 0 atom stereocenters. The molecule has 0 aliphatic heterocycles. The van der Waals surface area contributed by atoms with Crippen LogP contribution in [0.2, 0.25) is 0 Å². The van der Waals surface area contributed by atoms with Gasteiger partial charge in [0.05, 0.1) is 10.6 Å². The van der Waals surface area contributed by atoms with E-state index in [4.69, 9.17) is 0 Å². The molecule has 8 nitrogen and oxygen atoms in total. The minimum atomic E-state index is -0.431. The van der Waals surface area contributed by atoms with E-state index in [1.165, 1.54) is 0 Å². The van der Waals surface area contributed by atoms with Crippen LogP contribution in [0.5, 0.6) is 0 Å². The highest BCUT2D eigenvalue weighted by molar-refractivity contribution is 7.13. The highest BCUT2D eigenvalue weighted by Crippen LogP contribution is 2.22. The molecule has 0 spiro atoms. The van der Waals surface area contributed by atoms with E-state index in [2.05, 4.69) is 25.8 Å². The average Bonchev–Trinajstić information content (AvgIpc) is 3.34. The zero-order chi connectivity index (χ0) is 19.2. The fourth-order valence-electron chi connectivity index (χ4n) is 2.43. The Kier molecular flexibility index (Phi) is 5.82. The first-order chi connectivity index (χ1) is 13.0. The Labute approximate surface area is 159 Å². The number of nitrogens with zero attached hydrogens (tertiary/aromatic N) is 1. The maximum absolute atomic E-state index is 12.1. The molecule has 3 aromatic heterocycles. The number of hydrogen-bond donors (Lipinski definition) is 4. The largest absolute Gasteiger partial charge is 0.352 e. The molecule has 0 saturated carbocycles. The van der Waals surface area contributed by atoms with Gasteiger partial charge in [-0.3, -0.25) is 19.5 Å². The Hall–Kier alpha value is -3.20. The quantitative estimate of drug-likeness (QED) is 0.463. The summed E-state index contributed by atoms with van der Waals surface area (Å²) < 4.78 is 0. The predicted octanol–water partition coefficient (Wildman–Crippen LogP) is 1.68. The molecule has 0 aliphatic carbocycles. The number of nitrogens with one attached hydrogen (secondary N) is 4. The second-order valence-electron chi connectivity index (χ2n) is 5.93. The molecule has 3 aromatic rings. The van der Waals surface area contributed by atoms with E-state index in [1.807, 2.05) is 17.5 Å². The van der Waals surface area contributed by atoms with Gasteiger partial charge >= 0.3 is 0 Å². The summed E-state index contributed by atoms with van der Waals surface area (Å²) >= 11 is 1.56. The van der Waals surface area contributed by atoms with E-state index < -0.39 is 11.5 Å². The van der Waals surface area contributed by atoms with Gasteiger partial charge in [-0.1, -0.05) is 6.07 Å². The van der Waals surface area contributed by atoms with E-state index in [0.29, 0.717) is 25.2 Å². The van der Waals surface area contributed by atoms with Crippen molar-refractivity contribution in [2.45, 2.75) is 13.3 Å². The summed E-state index contributed by atoms with van der Waals surface area (Å²) in [5.41, 5.74) is 1.57. The molecule has 0 bridgehead atoms. The Balaban J connectivity index is 1.42. The number of aromatic amines is 2. The van der Waals surface area contributed by atoms with Crippen LogP contribution in [0.25, 0.3) is 10.6 Å². The first-order valence-electron chi connectivity index (χ1n) is 8.39. The monoisotopic (exact) mass is 385 g/mol. The number of aryl methyl sites for hydroxylation is 1. The first kappa shape index (κ1) is 18.6. The zero-order valence-electron chi connectivity index (χ0n) is 14.7. The van der Waals surface area contributed by atoms with Crippen molar-refractivity contribution in [1.82, 2.24) is 25.8 Å². The van der Waals surface area contributed by atoms with Crippen LogP contribution < -0.4 is 16.2 Å². The molecule has 0 saturated heterocycles. The molecule has 3 rings (SSSR count). The van der Waals surface area contributed by atoms with Crippen LogP contribution in [0.1, 0.15) is 32.8 Å². The van der Waals surface area contributed by atoms with Crippen molar-refractivity contribution in [3.63, 3.8) is 0 Å². The molecule has 0 aromatic carbocycles. The lowest BCUT2D eigenvalue weighted by atomic mass is 10.2. The molecular weight excluding hydrogens is 366 g/mol. The fourth-order valence-corrected chi connectivity index (χ4v) is 3.13. The van der Waals surface area contributed by atoms with Gasteiger partial charge in [-0.25, -0.2) is 0 Å². The average molecular weight is 385 g/mol. The minimum Gasteiger partial charge on any atom is -0.352 e. The van der Waals surface area contributed by atoms with Gasteiger partial charge in [-0.15, -0.1) is 11.3 Å². The van der Waals surface area contributed by atoms with Gasteiger partial charge in [0.15, 0.2) is 5.69 Å². The predicted molar refractivity (Wildman–Crippen MR) is 103 cm³/mol. The summed E-state index contributed by atoms with van der Waals surface area (Å²) in [7, 11) is 0. The van der Waals surface area contributed by atoms with E-state index in [1.54, 1.807) is 36.6 Å². The SMILES string of the molecule is Cc1c[nH]c(=O)c(C(=O)NCCCNC(=O)c2cc(-c3cccs3)[nH]n2)c1. The smallest absolute Gasteiger partial charge is 0.271 e. The Morgan fingerprint density at radius 2 is 1.96 bits per heavy atom. The van der Waals surface area contributed by atoms with Gasteiger partial charge in [0.25, 0.3) is 17.4 Å². The number of carbonyl (C=O) groups is 2. The third kappa shape index (κ3) is 4.70. The van der Waals surface area contributed by atoms with Crippen molar-refractivity contribution in [3.05, 3.63) is 63.0 Å². The molecule has 0 unspecified atom stereocenters. The Morgan fingerprint density at radius 3 is 2.70 bits per heavy atom. The lowest BCUT2D eigenvalue weighted by Crippen LogP contribution is -2.32. The number of pyridine rings is 1. The number of rotatable bonds is 7. The standard InChI is InChI=1S/C18H19N5O3S/c1-11-8-12(17(25)21-10-11)16(24)19-5-3-6-20-18(26)14-9-13(22-23-14)15-4-2-7-27-15/h2,4,7-10H,3,5-6H2,1H3,(H,19,24)(H,20,26)(H,21,25)(H,22,23). The summed E-state index contributed by atoms with van der Waals surface area (Å²) in [6.45, 7) is 2.51. The number of carbonyl (C=O) groups excluding carboxylic acids is 2. The number of thiophene rings is 1. The number of amides is 2. The number of H-pyrrole nitrogens is 2. The molecule has 2 amide bonds. The van der Waals surface area contributed by atoms with Crippen LogP contribution in [-0.4, -0.2) is 40.1 Å². The first-order valence-corrected chi connectivity index (χ1v) is 9.27. The summed E-state index contributed by atoms with van der Waals surface area (Å²) in [6.07, 6.45) is 2.08. The molecule has 3 heterocycles. The Morgan fingerprint density at radius 1 is 1.19 bits per heavy atom.